The van der Waals surface area contributed by atoms with E-state index in [1.807, 2.05) is 0 Å². The average Bonchev–Trinajstić information content (AvgIpc) is 2.27. The van der Waals surface area contributed by atoms with Crippen molar-refractivity contribution in [3.05, 3.63) is 41.5 Å². The van der Waals surface area contributed by atoms with Crippen molar-refractivity contribution in [3.63, 3.8) is 0 Å². The summed E-state index contributed by atoms with van der Waals surface area (Å²) in [5, 5.41) is 0. The summed E-state index contributed by atoms with van der Waals surface area (Å²) in [5.41, 5.74) is 6.27. The zero-order chi connectivity index (χ0) is 12.0. The maximum Gasteiger partial charge on any atom is 0.330 e. The molecule has 1 rings (SSSR count). The molecule has 1 aromatic rings. The van der Waals surface area contributed by atoms with E-state index in [0.717, 1.165) is 5.56 Å². The number of esters is 1. The molecule has 0 aromatic heterocycles. The van der Waals surface area contributed by atoms with E-state index in [4.69, 9.17) is 10.5 Å². The van der Waals surface area contributed by atoms with E-state index < -0.39 is 11.9 Å². The fourth-order valence-electron chi connectivity index (χ4n) is 1.15. The topological polar surface area (TPSA) is 69.4 Å². The summed E-state index contributed by atoms with van der Waals surface area (Å²) < 4.78 is 4.72. The number of carbonyl (C=O) groups excluding carboxylic acids is 2. The van der Waals surface area contributed by atoms with Gasteiger partial charge in [-0.1, -0.05) is 12.1 Å². The van der Waals surface area contributed by atoms with Gasteiger partial charge < -0.3 is 10.5 Å². The molecule has 4 heteroatoms. The van der Waals surface area contributed by atoms with Gasteiger partial charge in [0, 0.05) is 11.6 Å². The van der Waals surface area contributed by atoms with Crippen LogP contribution in [-0.4, -0.2) is 18.5 Å². The van der Waals surface area contributed by atoms with E-state index in [0.29, 0.717) is 12.2 Å². The van der Waals surface area contributed by atoms with Gasteiger partial charge in [0.05, 0.1) is 6.61 Å². The van der Waals surface area contributed by atoms with Gasteiger partial charge in [0.25, 0.3) is 0 Å². The van der Waals surface area contributed by atoms with Crippen LogP contribution in [0.2, 0.25) is 0 Å². The SMILES string of the molecule is CCOC(=O)C=Cc1cccc(C(N)=O)c1. The third kappa shape index (κ3) is 3.57. The van der Waals surface area contributed by atoms with Crippen LogP contribution in [0.3, 0.4) is 0 Å². The molecule has 2 N–H and O–H groups in total. The monoisotopic (exact) mass is 219 g/mol. The number of hydrogen-bond donors (Lipinski definition) is 1. The predicted molar refractivity (Wildman–Crippen MR) is 60.6 cm³/mol. The van der Waals surface area contributed by atoms with Crippen molar-refractivity contribution in [2.45, 2.75) is 6.92 Å². The van der Waals surface area contributed by atoms with Gasteiger partial charge in [-0.05, 0) is 30.7 Å². The minimum atomic E-state index is -0.494. The van der Waals surface area contributed by atoms with Crippen LogP contribution < -0.4 is 5.73 Å². The summed E-state index contributed by atoms with van der Waals surface area (Å²) in [6.07, 6.45) is 2.88. The van der Waals surface area contributed by atoms with Gasteiger partial charge >= 0.3 is 5.97 Å². The Kier molecular flexibility index (Phi) is 4.27. The maximum absolute atomic E-state index is 11.0. The number of hydrogen-bond acceptors (Lipinski definition) is 3. The van der Waals surface area contributed by atoms with Crippen LogP contribution >= 0.6 is 0 Å². The summed E-state index contributed by atoms with van der Waals surface area (Å²) in [6, 6.07) is 6.69. The first-order chi connectivity index (χ1) is 7.63. The second kappa shape index (κ2) is 5.70. The molecule has 0 aliphatic carbocycles. The van der Waals surface area contributed by atoms with E-state index in [1.165, 1.54) is 6.08 Å². The van der Waals surface area contributed by atoms with Gasteiger partial charge in [-0.25, -0.2) is 4.79 Å². The second-order valence-electron chi connectivity index (χ2n) is 3.08. The van der Waals surface area contributed by atoms with Crippen LogP contribution in [-0.2, 0) is 9.53 Å². The fraction of sp³-hybridized carbons (Fsp3) is 0.167. The van der Waals surface area contributed by atoms with Gasteiger partial charge in [0.2, 0.25) is 5.91 Å². The lowest BCUT2D eigenvalue weighted by molar-refractivity contribution is -0.137. The molecular formula is C12H13NO3. The zero-order valence-corrected chi connectivity index (χ0v) is 8.97. The number of benzene rings is 1. The first kappa shape index (κ1) is 12.0. The summed E-state index contributed by atoms with van der Waals surface area (Å²) in [6.45, 7) is 2.07. The maximum atomic E-state index is 11.0. The molecule has 1 aromatic carbocycles. The highest BCUT2D eigenvalue weighted by Gasteiger charge is 1.99. The molecule has 16 heavy (non-hydrogen) atoms. The first-order valence-corrected chi connectivity index (χ1v) is 4.88. The largest absolute Gasteiger partial charge is 0.463 e. The molecule has 0 saturated heterocycles. The van der Waals surface area contributed by atoms with E-state index in [9.17, 15) is 9.59 Å². The normalized spacial score (nSPS) is 10.3. The highest BCUT2D eigenvalue weighted by molar-refractivity contribution is 5.94. The van der Waals surface area contributed by atoms with Gasteiger partial charge in [-0.2, -0.15) is 0 Å². The van der Waals surface area contributed by atoms with E-state index in [2.05, 4.69) is 0 Å². The zero-order valence-electron chi connectivity index (χ0n) is 8.97. The van der Waals surface area contributed by atoms with E-state index >= 15 is 0 Å². The Morgan fingerprint density at radius 1 is 1.44 bits per heavy atom. The molecule has 0 spiro atoms. The van der Waals surface area contributed by atoms with Crippen LogP contribution in [0.1, 0.15) is 22.8 Å². The molecule has 0 aliphatic rings. The van der Waals surface area contributed by atoms with Crippen molar-refractivity contribution >= 4 is 18.0 Å². The number of amides is 1. The van der Waals surface area contributed by atoms with Crippen molar-refractivity contribution in [1.82, 2.24) is 0 Å². The summed E-state index contributed by atoms with van der Waals surface area (Å²) in [5.74, 6) is -0.904. The lowest BCUT2D eigenvalue weighted by Gasteiger charge is -1.98. The minimum absolute atomic E-state index is 0.338. The molecule has 84 valence electrons. The Labute approximate surface area is 93.7 Å². The van der Waals surface area contributed by atoms with Crippen molar-refractivity contribution in [2.24, 2.45) is 5.73 Å². The molecule has 0 saturated carbocycles. The molecule has 1 amide bonds. The molecule has 0 fully saturated rings. The lowest BCUT2D eigenvalue weighted by Crippen LogP contribution is -2.10. The Bertz CT molecular complexity index is 424. The predicted octanol–water partition coefficient (Wildman–Crippen LogP) is 1.36. The molecule has 0 radical (unpaired) electrons. The average molecular weight is 219 g/mol. The number of primary amides is 1. The van der Waals surface area contributed by atoms with Crippen molar-refractivity contribution < 1.29 is 14.3 Å². The molecule has 4 nitrogen and oxygen atoms in total. The molecule has 0 bridgehead atoms. The van der Waals surface area contributed by atoms with Crippen LogP contribution in [0.15, 0.2) is 30.3 Å². The van der Waals surface area contributed by atoms with Gasteiger partial charge in [0.1, 0.15) is 0 Å². The quantitative estimate of drug-likeness (QED) is 0.614. The van der Waals surface area contributed by atoms with Crippen LogP contribution in [0, 0.1) is 0 Å². The fourth-order valence-corrected chi connectivity index (χ4v) is 1.15. The van der Waals surface area contributed by atoms with Gasteiger partial charge in [0.15, 0.2) is 0 Å². The molecule has 0 heterocycles. The number of ether oxygens (including phenoxy) is 1. The summed E-state index contributed by atoms with van der Waals surface area (Å²) in [4.78, 5) is 21.9. The Morgan fingerprint density at radius 2 is 2.19 bits per heavy atom. The third-order valence-corrected chi connectivity index (χ3v) is 1.87. The summed E-state index contributed by atoms with van der Waals surface area (Å²) in [7, 11) is 0. The smallest absolute Gasteiger partial charge is 0.330 e. The van der Waals surface area contributed by atoms with Gasteiger partial charge in [-0.3, -0.25) is 4.79 Å². The number of carbonyl (C=O) groups is 2. The van der Waals surface area contributed by atoms with Crippen molar-refractivity contribution in [1.29, 1.82) is 0 Å². The minimum Gasteiger partial charge on any atom is -0.463 e. The number of nitrogens with two attached hydrogens (primary N) is 1. The lowest BCUT2D eigenvalue weighted by atomic mass is 10.1. The van der Waals surface area contributed by atoms with Crippen LogP contribution in [0.5, 0.6) is 0 Å². The van der Waals surface area contributed by atoms with Crippen molar-refractivity contribution in [2.75, 3.05) is 6.61 Å². The Balaban J connectivity index is 2.77. The molecule has 0 atom stereocenters. The molecule has 0 aliphatic heterocycles. The van der Waals surface area contributed by atoms with Crippen LogP contribution in [0.25, 0.3) is 6.08 Å². The Morgan fingerprint density at radius 3 is 2.81 bits per heavy atom. The third-order valence-electron chi connectivity index (χ3n) is 1.87. The first-order valence-electron chi connectivity index (χ1n) is 4.88. The van der Waals surface area contributed by atoms with Gasteiger partial charge in [-0.15, -0.1) is 0 Å². The van der Waals surface area contributed by atoms with E-state index in [1.54, 1.807) is 37.3 Å². The Hall–Kier alpha value is -2.10. The highest BCUT2D eigenvalue weighted by atomic mass is 16.5. The standard InChI is InChI=1S/C12H13NO3/c1-2-16-11(14)7-6-9-4-3-5-10(8-9)12(13)15/h3-8H,2H2,1H3,(H2,13,15). The van der Waals surface area contributed by atoms with Crippen molar-refractivity contribution in [3.8, 4) is 0 Å². The highest BCUT2D eigenvalue weighted by Crippen LogP contribution is 2.06. The number of rotatable bonds is 4. The van der Waals surface area contributed by atoms with E-state index in [-0.39, 0.29) is 0 Å². The molecular weight excluding hydrogens is 206 g/mol. The second-order valence-corrected chi connectivity index (χ2v) is 3.08. The summed E-state index contributed by atoms with van der Waals surface area (Å²) >= 11 is 0. The van der Waals surface area contributed by atoms with Crippen LogP contribution in [0.4, 0.5) is 0 Å². The molecule has 0 unspecified atom stereocenters.